The van der Waals surface area contributed by atoms with Crippen LogP contribution in [-0.4, -0.2) is 52.3 Å². The Labute approximate surface area is 146 Å². The molecular weight excluding hydrogens is 332 g/mol. The van der Waals surface area contributed by atoms with Gasteiger partial charge in [-0.15, -0.1) is 5.73 Å². The minimum absolute atomic E-state index is 0.0317. The summed E-state index contributed by atoms with van der Waals surface area (Å²) in [6.07, 6.45) is 2.78. The Morgan fingerprint density at radius 3 is 1.12 bits per heavy atom. The van der Waals surface area contributed by atoms with Crippen molar-refractivity contribution in [2.45, 2.75) is 26.7 Å². The Bertz CT molecular complexity index is 503. The molecule has 0 amide bonds. The molecule has 0 aromatic carbocycles. The summed E-state index contributed by atoms with van der Waals surface area (Å²) in [5.74, 6) is -2.98. The molecule has 0 aliphatic heterocycles. The van der Waals surface area contributed by atoms with Crippen molar-refractivity contribution in [3.8, 4) is 0 Å². The van der Waals surface area contributed by atoms with E-state index in [0.717, 1.165) is 0 Å². The molecular formula is C17H24O8. The summed E-state index contributed by atoms with van der Waals surface area (Å²) in [5.41, 5.74) is -0.300. The maximum Gasteiger partial charge on any atom is 0.323 e. The van der Waals surface area contributed by atoms with Gasteiger partial charge in [-0.3, -0.25) is 19.2 Å². The number of carbonyl (C=O) groups is 4. The Hall–Kier alpha value is -2.60. The van der Waals surface area contributed by atoms with E-state index < -0.39 is 34.7 Å². The Morgan fingerprint density at radius 2 is 0.920 bits per heavy atom. The normalized spacial score (nSPS) is 10.8. The van der Waals surface area contributed by atoms with E-state index in [9.17, 15) is 19.2 Å². The highest BCUT2D eigenvalue weighted by Gasteiger charge is 2.43. The van der Waals surface area contributed by atoms with E-state index in [1.54, 1.807) is 0 Å². The summed E-state index contributed by atoms with van der Waals surface area (Å²) in [7, 11) is 4.67. The quantitative estimate of drug-likeness (QED) is 0.276. The smallest absolute Gasteiger partial charge is 0.323 e. The first-order chi connectivity index (χ1) is 11.6. The molecule has 0 radical (unpaired) electrons. The first-order valence-corrected chi connectivity index (χ1v) is 7.37. The Kier molecular flexibility index (Phi) is 8.63. The van der Waals surface area contributed by atoms with E-state index >= 15 is 0 Å². The van der Waals surface area contributed by atoms with E-state index in [4.69, 9.17) is 0 Å². The maximum atomic E-state index is 11.8. The largest absolute Gasteiger partial charge is 0.468 e. The highest BCUT2D eigenvalue weighted by atomic mass is 16.6. The molecule has 25 heavy (non-hydrogen) atoms. The van der Waals surface area contributed by atoms with Gasteiger partial charge in [-0.05, 0) is 38.8 Å². The highest BCUT2D eigenvalue weighted by Crippen LogP contribution is 2.27. The van der Waals surface area contributed by atoms with Crippen LogP contribution >= 0.6 is 0 Å². The lowest BCUT2D eigenvalue weighted by atomic mass is 9.86. The lowest BCUT2D eigenvalue weighted by Crippen LogP contribution is -2.38. The minimum atomic E-state index is -1.52. The standard InChI is InChI=1S/C17H24O8/c1-16(12(18)22-3,13(19)23-4)10-8-7-9-11-17(2,14(20)24-5)15(21)25-6/h8-9H,10-11H2,1-6H3. The molecule has 0 aliphatic carbocycles. The van der Waals surface area contributed by atoms with Crippen LogP contribution in [0.15, 0.2) is 17.9 Å². The van der Waals surface area contributed by atoms with Crippen molar-refractivity contribution in [3.05, 3.63) is 17.9 Å². The predicted molar refractivity (Wildman–Crippen MR) is 86.2 cm³/mol. The summed E-state index contributed by atoms with van der Waals surface area (Å²) < 4.78 is 18.5. The third kappa shape index (κ3) is 5.19. The molecule has 0 fully saturated rings. The van der Waals surface area contributed by atoms with Crippen molar-refractivity contribution >= 4 is 23.9 Å². The third-order valence-electron chi connectivity index (χ3n) is 3.80. The average molecular weight is 356 g/mol. The Balaban J connectivity index is 5.29. The van der Waals surface area contributed by atoms with Crippen molar-refractivity contribution in [3.63, 3.8) is 0 Å². The van der Waals surface area contributed by atoms with E-state index in [1.807, 2.05) is 0 Å². The number of hydrogen-bond donors (Lipinski definition) is 0. The number of esters is 4. The molecule has 0 bridgehead atoms. The summed E-state index contributed by atoms with van der Waals surface area (Å²) in [4.78, 5) is 47.2. The second-order valence-electron chi connectivity index (χ2n) is 5.61. The molecule has 0 heterocycles. The minimum Gasteiger partial charge on any atom is -0.468 e. The summed E-state index contributed by atoms with van der Waals surface area (Å²) in [6, 6.07) is 0. The summed E-state index contributed by atoms with van der Waals surface area (Å²) in [6.45, 7) is 2.77. The van der Waals surface area contributed by atoms with Gasteiger partial charge in [0.1, 0.15) is 0 Å². The van der Waals surface area contributed by atoms with Gasteiger partial charge >= 0.3 is 23.9 Å². The fraction of sp³-hybridized carbons (Fsp3) is 0.588. The molecule has 0 aromatic rings. The van der Waals surface area contributed by atoms with Gasteiger partial charge in [-0.1, -0.05) is 0 Å². The highest BCUT2D eigenvalue weighted by molar-refractivity contribution is 6.00. The molecule has 8 nitrogen and oxygen atoms in total. The molecule has 0 spiro atoms. The molecule has 0 saturated heterocycles. The van der Waals surface area contributed by atoms with Crippen LogP contribution in [0.4, 0.5) is 0 Å². The number of ether oxygens (including phenoxy) is 4. The first kappa shape index (κ1) is 22.4. The second kappa shape index (κ2) is 9.64. The monoisotopic (exact) mass is 356 g/mol. The summed E-state index contributed by atoms with van der Waals surface area (Å²) in [5, 5.41) is 0. The van der Waals surface area contributed by atoms with Crippen LogP contribution in [-0.2, 0) is 38.1 Å². The van der Waals surface area contributed by atoms with Crippen molar-refractivity contribution in [2.75, 3.05) is 28.4 Å². The van der Waals surface area contributed by atoms with Gasteiger partial charge < -0.3 is 18.9 Å². The maximum absolute atomic E-state index is 11.8. The van der Waals surface area contributed by atoms with Gasteiger partial charge in [0.15, 0.2) is 10.8 Å². The number of hydrogen-bond acceptors (Lipinski definition) is 8. The fourth-order valence-electron chi connectivity index (χ4n) is 2.01. The average Bonchev–Trinajstić information content (AvgIpc) is 2.63. The van der Waals surface area contributed by atoms with E-state index in [2.05, 4.69) is 24.7 Å². The Morgan fingerprint density at radius 1 is 0.680 bits per heavy atom. The van der Waals surface area contributed by atoms with E-state index in [-0.39, 0.29) is 12.8 Å². The van der Waals surface area contributed by atoms with E-state index in [0.29, 0.717) is 0 Å². The SMILES string of the molecule is COC(=O)C(C)(CC=C=CCC(C)(C(=O)OC)C(=O)OC)C(=O)OC. The topological polar surface area (TPSA) is 105 Å². The molecule has 8 heteroatoms. The third-order valence-corrected chi connectivity index (χ3v) is 3.80. The molecule has 0 aliphatic rings. The predicted octanol–water partition coefficient (Wildman–Crippen LogP) is 1.18. The lowest BCUT2D eigenvalue weighted by molar-refractivity contribution is -0.169. The van der Waals surface area contributed by atoms with Crippen molar-refractivity contribution < 1.29 is 38.1 Å². The number of allylic oxidation sites excluding steroid dienone is 1. The van der Waals surface area contributed by atoms with Gasteiger partial charge in [0, 0.05) is 0 Å². The van der Waals surface area contributed by atoms with E-state index in [1.165, 1.54) is 54.4 Å². The van der Waals surface area contributed by atoms with Crippen LogP contribution in [0.1, 0.15) is 26.7 Å². The van der Waals surface area contributed by atoms with Crippen molar-refractivity contribution in [1.82, 2.24) is 0 Å². The van der Waals surface area contributed by atoms with Gasteiger partial charge in [-0.25, -0.2) is 0 Å². The van der Waals surface area contributed by atoms with Crippen LogP contribution in [0.5, 0.6) is 0 Å². The van der Waals surface area contributed by atoms with Crippen LogP contribution in [0.3, 0.4) is 0 Å². The molecule has 140 valence electrons. The number of methoxy groups -OCH3 is 4. The van der Waals surface area contributed by atoms with Crippen molar-refractivity contribution in [1.29, 1.82) is 0 Å². The second-order valence-corrected chi connectivity index (χ2v) is 5.61. The van der Waals surface area contributed by atoms with Crippen molar-refractivity contribution in [2.24, 2.45) is 10.8 Å². The first-order valence-electron chi connectivity index (χ1n) is 7.37. The molecule has 0 rings (SSSR count). The van der Waals surface area contributed by atoms with Crippen LogP contribution in [0.2, 0.25) is 0 Å². The van der Waals surface area contributed by atoms with Crippen LogP contribution < -0.4 is 0 Å². The van der Waals surface area contributed by atoms with Gasteiger partial charge in [0.25, 0.3) is 0 Å². The lowest BCUT2D eigenvalue weighted by Gasteiger charge is -2.22. The molecule has 0 saturated carbocycles. The zero-order chi connectivity index (χ0) is 19.7. The molecule has 0 aromatic heterocycles. The number of rotatable bonds is 8. The zero-order valence-corrected chi connectivity index (χ0v) is 15.3. The van der Waals surface area contributed by atoms with Crippen LogP contribution in [0.25, 0.3) is 0 Å². The summed E-state index contributed by atoms with van der Waals surface area (Å²) >= 11 is 0. The zero-order valence-electron chi connectivity index (χ0n) is 15.3. The molecule has 0 N–H and O–H groups in total. The van der Waals surface area contributed by atoms with Gasteiger partial charge in [-0.2, -0.15) is 0 Å². The van der Waals surface area contributed by atoms with Crippen LogP contribution in [0, 0.1) is 10.8 Å². The number of carbonyl (C=O) groups excluding carboxylic acids is 4. The van der Waals surface area contributed by atoms with Gasteiger partial charge in [0.2, 0.25) is 0 Å². The molecule has 0 unspecified atom stereocenters. The molecule has 0 atom stereocenters. The van der Waals surface area contributed by atoms with Gasteiger partial charge in [0.05, 0.1) is 28.4 Å². The fourth-order valence-corrected chi connectivity index (χ4v) is 2.01.